The first-order chi connectivity index (χ1) is 14.3. The summed E-state index contributed by atoms with van der Waals surface area (Å²) in [5, 5.41) is 0. The molecule has 2 aromatic carbocycles. The highest BCUT2D eigenvalue weighted by atomic mass is 15.1. The fourth-order valence-electron chi connectivity index (χ4n) is 5.42. The topological polar surface area (TPSA) is 9.34 Å². The van der Waals surface area contributed by atoms with Gasteiger partial charge < -0.3 is 8.97 Å². The zero-order chi connectivity index (χ0) is 19.4. The maximum absolute atomic E-state index is 2.56. The highest BCUT2D eigenvalue weighted by Crippen LogP contribution is 2.37. The second kappa shape index (κ2) is 6.66. The molecule has 2 heteroatoms. The van der Waals surface area contributed by atoms with Gasteiger partial charge in [-0.2, -0.15) is 0 Å². The van der Waals surface area contributed by atoms with Crippen molar-refractivity contribution in [2.75, 3.05) is 0 Å². The lowest BCUT2D eigenvalue weighted by atomic mass is 9.88. The van der Waals surface area contributed by atoms with E-state index in [1.54, 1.807) is 11.1 Å². The van der Waals surface area contributed by atoms with Crippen molar-refractivity contribution in [3.63, 3.8) is 0 Å². The average molecular weight is 381 g/mol. The summed E-state index contributed by atoms with van der Waals surface area (Å²) in [6, 6.07) is 16.2. The maximum Gasteiger partial charge on any atom is 0.121 e. The molecule has 0 atom stereocenters. The van der Waals surface area contributed by atoms with Gasteiger partial charge in [-0.25, -0.2) is 0 Å². The number of hydrogen-bond donors (Lipinski definition) is 0. The lowest BCUT2D eigenvalue weighted by molar-refractivity contribution is 0.647. The molecule has 0 unspecified atom stereocenters. The SMILES string of the molecule is Cc1ccc(-c2cn3cc(-c4ccc5c(c4)CCCC5)c4c3n2CCCC4)cc1. The molecule has 4 aromatic rings. The van der Waals surface area contributed by atoms with Crippen molar-refractivity contribution in [2.24, 2.45) is 0 Å². The van der Waals surface area contributed by atoms with Crippen molar-refractivity contribution >= 4 is 5.65 Å². The van der Waals surface area contributed by atoms with Crippen LogP contribution in [0.3, 0.4) is 0 Å². The molecule has 2 aliphatic rings. The fraction of sp³-hybridized carbons (Fsp3) is 0.333. The van der Waals surface area contributed by atoms with Gasteiger partial charge in [0, 0.05) is 30.1 Å². The summed E-state index contributed by atoms with van der Waals surface area (Å²) in [4.78, 5) is 0. The first kappa shape index (κ1) is 17.1. The molecule has 0 amide bonds. The molecule has 6 rings (SSSR count). The largest absolute Gasteiger partial charge is 0.325 e. The van der Waals surface area contributed by atoms with E-state index in [2.05, 4.69) is 70.7 Å². The Kier molecular flexibility index (Phi) is 3.94. The van der Waals surface area contributed by atoms with Crippen LogP contribution in [0.25, 0.3) is 28.0 Å². The molecule has 3 heterocycles. The van der Waals surface area contributed by atoms with Crippen LogP contribution in [0.1, 0.15) is 47.9 Å². The van der Waals surface area contributed by atoms with Crippen LogP contribution in [0.5, 0.6) is 0 Å². The normalized spacial score (nSPS) is 16.0. The molecule has 2 nitrogen and oxygen atoms in total. The van der Waals surface area contributed by atoms with Crippen LogP contribution in [0.4, 0.5) is 0 Å². The van der Waals surface area contributed by atoms with Crippen LogP contribution in [0.15, 0.2) is 54.9 Å². The highest BCUT2D eigenvalue weighted by molar-refractivity contribution is 5.79. The molecular weight excluding hydrogens is 352 g/mol. The number of fused-ring (bicyclic) bond motifs is 1. The molecule has 0 fully saturated rings. The minimum atomic E-state index is 1.11. The van der Waals surface area contributed by atoms with Crippen LogP contribution in [-0.4, -0.2) is 8.97 Å². The van der Waals surface area contributed by atoms with E-state index in [9.17, 15) is 0 Å². The van der Waals surface area contributed by atoms with Gasteiger partial charge in [-0.15, -0.1) is 0 Å². The van der Waals surface area contributed by atoms with E-state index in [1.165, 1.54) is 84.1 Å². The minimum absolute atomic E-state index is 1.11. The third kappa shape index (κ3) is 2.77. The Bertz CT molecular complexity index is 1200. The third-order valence-corrected chi connectivity index (χ3v) is 6.98. The van der Waals surface area contributed by atoms with Crippen LogP contribution in [-0.2, 0) is 25.8 Å². The number of hydrogen-bond acceptors (Lipinski definition) is 0. The van der Waals surface area contributed by atoms with E-state index in [0.29, 0.717) is 0 Å². The second-order valence-electron chi connectivity index (χ2n) is 8.93. The van der Waals surface area contributed by atoms with Gasteiger partial charge in [0.1, 0.15) is 5.65 Å². The van der Waals surface area contributed by atoms with Crippen molar-refractivity contribution in [1.82, 2.24) is 8.97 Å². The summed E-state index contributed by atoms with van der Waals surface area (Å²) in [5.74, 6) is 0. The molecule has 0 spiro atoms. The van der Waals surface area contributed by atoms with Gasteiger partial charge in [-0.3, -0.25) is 0 Å². The molecule has 0 saturated heterocycles. The standard InChI is InChI=1S/C27H28N2/c1-19-9-11-21(12-10-19)26-18-28-17-25(24-8-4-5-15-29(26)27(24)28)23-14-13-20-6-2-3-7-22(20)16-23/h9-14,16-18H,2-8,15H2,1H3. The summed E-state index contributed by atoms with van der Waals surface area (Å²) in [6.07, 6.45) is 13.6. The van der Waals surface area contributed by atoms with Crippen molar-refractivity contribution in [2.45, 2.75) is 58.4 Å². The second-order valence-corrected chi connectivity index (χ2v) is 8.93. The summed E-state index contributed by atoms with van der Waals surface area (Å²) >= 11 is 0. The third-order valence-electron chi connectivity index (χ3n) is 6.98. The molecule has 1 aliphatic carbocycles. The van der Waals surface area contributed by atoms with E-state index in [-0.39, 0.29) is 0 Å². The molecule has 0 N–H and O–H groups in total. The van der Waals surface area contributed by atoms with E-state index in [0.717, 1.165) is 6.54 Å². The fourth-order valence-corrected chi connectivity index (χ4v) is 5.42. The zero-order valence-corrected chi connectivity index (χ0v) is 17.2. The summed E-state index contributed by atoms with van der Waals surface area (Å²) in [6.45, 7) is 3.27. The smallest absolute Gasteiger partial charge is 0.121 e. The van der Waals surface area contributed by atoms with Crippen molar-refractivity contribution in [1.29, 1.82) is 0 Å². The maximum atomic E-state index is 2.56. The average Bonchev–Trinajstić information content (AvgIpc) is 3.18. The number of rotatable bonds is 2. The van der Waals surface area contributed by atoms with Gasteiger partial charge in [0.15, 0.2) is 0 Å². The zero-order valence-electron chi connectivity index (χ0n) is 17.2. The Morgan fingerprint density at radius 3 is 2.34 bits per heavy atom. The first-order valence-electron chi connectivity index (χ1n) is 11.2. The van der Waals surface area contributed by atoms with Gasteiger partial charge in [-0.1, -0.05) is 48.0 Å². The molecule has 29 heavy (non-hydrogen) atoms. The number of aromatic nitrogens is 2. The predicted molar refractivity (Wildman–Crippen MR) is 121 cm³/mol. The molecule has 0 bridgehead atoms. The van der Waals surface area contributed by atoms with Gasteiger partial charge in [0.25, 0.3) is 0 Å². The molecule has 146 valence electrons. The molecule has 2 aromatic heterocycles. The quantitative estimate of drug-likeness (QED) is 0.371. The Morgan fingerprint density at radius 2 is 1.48 bits per heavy atom. The summed E-state index contributed by atoms with van der Waals surface area (Å²) in [5.41, 5.74) is 12.9. The summed E-state index contributed by atoms with van der Waals surface area (Å²) < 4.78 is 4.96. The molecule has 0 saturated carbocycles. The van der Waals surface area contributed by atoms with E-state index in [1.807, 2.05) is 0 Å². The first-order valence-corrected chi connectivity index (χ1v) is 11.2. The van der Waals surface area contributed by atoms with Crippen LogP contribution in [0, 0.1) is 6.92 Å². The van der Waals surface area contributed by atoms with Crippen molar-refractivity contribution < 1.29 is 0 Å². The number of nitrogens with zero attached hydrogens (tertiary/aromatic N) is 2. The lowest BCUT2D eigenvalue weighted by Crippen LogP contribution is -2.02. The molecule has 1 aliphatic heterocycles. The predicted octanol–water partition coefficient (Wildman–Crippen LogP) is 6.60. The minimum Gasteiger partial charge on any atom is -0.325 e. The Labute approximate surface area is 172 Å². The lowest BCUT2D eigenvalue weighted by Gasteiger charge is -2.16. The molecule has 0 radical (unpaired) electrons. The van der Waals surface area contributed by atoms with E-state index < -0.39 is 0 Å². The van der Waals surface area contributed by atoms with Crippen molar-refractivity contribution in [3.8, 4) is 22.4 Å². The molecular formula is C27H28N2. The Balaban J connectivity index is 1.52. The summed E-state index contributed by atoms with van der Waals surface area (Å²) in [7, 11) is 0. The van der Waals surface area contributed by atoms with Crippen molar-refractivity contribution in [3.05, 3.63) is 77.1 Å². The van der Waals surface area contributed by atoms with Gasteiger partial charge in [0.2, 0.25) is 0 Å². The monoisotopic (exact) mass is 380 g/mol. The van der Waals surface area contributed by atoms with Gasteiger partial charge in [0.05, 0.1) is 5.69 Å². The van der Waals surface area contributed by atoms with Crippen LogP contribution in [0.2, 0.25) is 0 Å². The van der Waals surface area contributed by atoms with Gasteiger partial charge in [-0.05, 0) is 74.1 Å². The van der Waals surface area contributed by atoms with Gasteiger partial charge >= 0.3 is 0 Å². The van der Waals surface area contributed by atoms with E-state index >= 15 is 0 Å². The van der Waals surface area contributed by atoms with E-state index in [4.69, 9.17) is 0 Å². The number of aryl methyl sites for hydroxylation is 5. The van der Waals surface area contributed by atoms with Crippen LogP contribution >= 0.6 is 0 Å². The van der Waals surface area contributed by atoms with Crippen LogP contribution < -0.4 is 0 Å². The Hall–Kier alpha value is -2.74. The number of imidazole rings is 1. The number of benzene rings is 2. The Morgan fingerprint density at radius 1 is 0.724 bits per heavy atom. The highest BCUT2D eigenvalue weighted by Gasteiger charge is 2.22.